The highest BCUT2D eigenvalue weighted by Crippen LogP contribution is 2.68. The Labute approximate surface area is 114 Å². The first-order valence-corrected chi connectivity index (χ1v) is 8.69. The predicted octanol–water partition coefficient (Wildman–Crippen LogP) is 2.57. The van der Waals surface area contributed by atoms with Gasteiger partial charge in [0.1, 0.15) is 0 Å². The van der Waals surface area contributed by atoms with E-state index < -0.39 is 7.59 Å². The number of fused-ring (bicyclic) bond motifs is 1. The number of benzene rings is 1. The van der Waals surface area contributed by atoms with E-state index in [0.29, 0.717) is 12.1 Å². The second-order valence-electron chi connectivity index (χ2n) is 5.96. The van der Waals surface area contributed by atoms with Crippen LogP contribution in [0.15, 0.2) is 24.3 Å². The summed E-state index contributed by atoms with van der Waals surface area (Å²) in [7, 11) is -2.53. The quantitative estimate of drug-likeness (QED) is 0.626. The van der Waals surface area contributed by atoms with Crippen molar-refractivity contribution in [1.82, 2.24) is 9.34 Å². The van der Waals surface area contributed by atoms with Crippen LogP contribution >= 0.6 is 7.59 Å². The second kappa shape index (κ2) is 3.85. The Morgan fingerprint density at radius 3 is 2.26 bits per heavy atom. The summed E-state index contributed by atoms with van der Waals surface area (Å²) in [5.41, 5.74) is 2.52. The zero-order chi connectivity index (χ0) is 13.2. The van der Waals surface area contributed by atoms with E-state index in [1.165, 1.54) is 11.3 Å². The topological polar surface area (TPSA) is 26.3 Å². The molecule has 0 radical (unpaired) electrons. The highest BCUT2D eigenvalue weighted by Gasteiger charge is 2.59. The lowest BCUT2D eigenvalue weighted by atomic mass is 10.2. The third-order valence-corrected chi connectivity index (χ3v) is 8.00. The Morgan fingerprint density at radius 2 is 1.68 bits per heavy atom. The van der Waals surface area contributed by atoms with Gasteiger partial charge in [-0.2, -0.15) is 0 Å². The minimum atomic E-state index is -2.53. The number of para-hydroxylation sites is 1. The van der Waals surface area contributed by atoms with Crippen LogP contribution in [0.5, 0.6) is 0 Å². The van der Waals surface area contributed by atoms with Crippen molar-refractivity contribution in [2.24, 2.45) is 0 Å². The summed E-state index contributed by atoms with van der Waals surface area (Å²) in [5, 5.41) is 0. The predicted molar refractivity (Wildman–Crippen MR) is 77.4 cm³/mol. The molecule has 0 amide bonds. The van der Waals surface area contributed by atoms with Crippen LogP contribution in [0.3, 0.4) is 0 Å². The maximum absolute atomic E-state index is 13.7. The Hall–Kier alpha value is -0.830. The summed E-state index contributed by atoms with van der Waals surface area (Å²) < 4.78 is 20.3. The van der Waals surface area contributed by atoms with Crippen LogP contribution in [0.1, 0.15) is 19.4 Å². The molecule has 102 valence electrons. The summed E-state index contributed by atoms with van der Waals surface area (Å²) in [6.07, 6.45) is 1.02. The maximum Gasteiger partial charge on any atom is 0.311 e. The number of hydrogen-bond donors (Lipinski definition) is 0. The summed E-state index contributed by atoms with van der Waals surface area (Å²) >= 11 is 0. The molecule has 2 fully saturated rings. The number of anilines is 1. The third-order valence-electron chi connectivity index (χ3n) is 4.50. The fraction of sp³-hybridized carbons (Fsp3) is 0.571. The normalized spacial score (nSPS) is 38.7. The zero-order valence-corrected chi connectivity index (χ0v) is 12.4. The largest absolute Gasteiger partial charge is 0.311 e. The molecule has 1 aromatic rings. The van der Waals surface area contributed by atoms with Crippen molar-refractivity contribution in [2.75, 3.05) is 24.3 Å². The van der Waals surface area contributed by atoms with Crippen molar-refractivity contribution in [3.63, 3.8) is 0 Å². The number of rotatable bonds is 3. The fourth-order valence-electron chi connectivity index (χ4n) is 3.19. The van der Waals surface area contributed by atoms with Crippen molar-refractivity contribution < 1.29 is 4.57 Å². The van der Waals surface area contributed by atoms with Crippen LogP contribution in [-0.4, -0.2) is 41.1 Å². The average molecular weight is 277 g/mol. The van der Waals surface area contributed by atoms with Gasteiger partial charge in [-0.15, -0.1) is 0 Å². The zero-order valence-electron chi connectivity index (χ0n) is 11.5. The van der Waals surface area contributed by atoms with E-state index in [-0.39, 0.29) is 0 Å². The lowest BCUT2D eigenvalue weighted by molar-refractivity contribution is 0.501. The van der Waals surface area contributed by atoms with E-state index in [0.717, 1.165) is 26.1 Å². The van der Waals surface area contributed by atoms with E-state index in [2.05, 4.69) is 52.1 Å². The van der Waals surface area contributed by atoms with Gasteiger partial charge in [0.2, 0.25) is 0 Å². The monoisotopic (exact) mass is 277 g/mol. The molecule has 0 bridgehead atoms. The Kier molecular flexibility index (Phi) is 2.42. The van der Waals surface area contributed by atoms with Crippen molar-refractivity contribution in [2.45, 2.75) is 32.4 Å². The number of hydrogen-bond acceptors (Lipinski definition) is 1. The summed E-state index contributed by atoms with van der Waals surface area (Å²) in [6, 6.07) is 9.35. The third kappa shape index (κ3) is 1.63. The first-order chi connectivity index (χ1) is 9.12. The van der Waals surface area contributed by atoms with Crippen LogP contribution in [0.2, 0.25) is 0 Å². The molecule has 0 N–H and O–H groups in total. The van der Waals surface area contributed by atoms with E-state index in [1.807, 2.05) is 0 Å². The van der Waals surface area contributed by atoms with E-state index in [9.17, 15) is 4.57 Å². The van der Waals surface area contributed by atoms with Crippen LogP contribution in [0.4, 0.5) is 5.69 Å². The lowest BCUT2D eigenvalue weighted by Gasteiger charge is -2.32. The van der Waals surface area contributed by atoms with Gasteiger partial charge >= 0.3 is 7.59 Å². The van der Waals surface area contributed by atoms with E-state index in [4.69, 9.17) is 0 Å². The molecular weight excluding hydrogens is 257 g/mol. The SMILES string of the molecule is C[C@@H]1CN1P(=O)(N1CCc2ccccc21)N1C[C@@H]1C. The van der Waals surface area contributed by atoms with Gasteiger partial charge < -0.3 is 0 Å². The van der Waals surface area contributed by atoms with Crippen molar-refractivity contribution in [3.05, 3.63) is 29.8 Å². The van der Waals surface area contributed by atoms with Gasteiger partial charge in [0, 0.05) is 37.4 Å². The van der Waals surface area contributed by atoms with Crippen molar-refractivity contribution in [3.8, 4) is 0 Å². The van der Waals surface area contributed by atoms with Gasteiger partial charge in [-0.25, -0.2) is 9.34 Å². The van der Waals surface area contributed by atoms with Gasteiger partial charge in [-0.05, 0) is 31.9 Å². The first-order valence-electron chi connectivity index (χ1n) is 7.12. The average Bonchev–Trinajstić information content (AvgIpc) is 3.27. The molecule has 2 saturated heterocycles. The summed E-state index contributed by atoms with van der Waals surface area (Å²) in [5.74, 6) is 0. The van der Waals surface area contributed by atoms with Crippen LogP contribution < -0.4 is 4.67 Å². The molecule has 0 saturated carbocycles. The molecular formula is C14H20N3OP. The lowest BCUT2D eigenvalue weighted by Crippen LogP contribution is -2.27. The molecule has 0 aliphatic carbocycles. The van der Waals surface area contributed by atoms with Gasteiger partial charge in [-0.1, -0.05) is 18.2 Å². The molecule has 5 heteroatoms. The van der Waals surface area contributed by atoms with Crippen LogP contribution in [0, 0.1) is 0 Å². The van der Waals surface area contributed by atoms with Crippen molar-refractivity contribution in [1.29, 1.82) is 0 Å². The minimum Gasteiger partial charge on any atom is -0.298 e. The molecule has 1 aromatic carbocycles. The molecule has 4 nitrogen and oxygen atoms in total. The molecule has 3 heterocycles. The van der Waals surface area contributed by atoms with Gasteiger partial charge in [0.25, 0.3) is 0 Å². The van der Waals surface area contributed by atoms with E-state index >= 15 is 0 Å². The highest BCUT2D eigenvalue weighted by atomic mass is 31.2. The molecule has 4 rings (SSSR count). The Morgan fingerprint density at radius 1 is 1.11 bits per heavy atom. The summed E-state index contributed by atoms with van der Waals surface area (Å²) in [4.78, 5) is 0. The molecule has 19 heavy (non-hydrogen) atoms. The first kappa shape index (κ1) is 12.0. The van der Waals surface area contributed by atoms with Gasteiger partial charge in [0.15, 0.2) is 0 Å². The molecule has 3 unspecified atom stereocenters. The molecule has 3 aliphatic heterocycles. The van der Waals surface area contributed by atoms with Crippen LogP contribution in [0.25, 0.3) is 0 Å². The smallest absolute Gasteiger partial charge is 0.298 e. The maximum atomic E-state index is 13.7. The van der Waals surface area contributed by atoms with Crippen LogP contribution in [-0.2, 0) is 11.0 Å². The highest BCUT2D eigenvalue weighted by molar-refractivity contribution is 7.61. The molecule has 0 spiro atoms. The summed E-state index contributed by atoms with van der Waals surface area (Å²) in [6.45, 7) is 7.17. The van der Waals surface area contributed by atoms with E-state index in [1.54, 1.807) is 0 Å². The minimum absolute atomic E-state index is 0.464. The van der Waals surface area contributed by atoms with Gasteiger partial charge in [-0.3, -0.25) is 9.24 Å². The number of nitrogens with zero attached hydrogens (tertiary/aromatic N) is 3. The van der Waals surface area contributed by atoms with Gasteiger partial charge in [0.05, 0.1) is 0 Å². The standard InChI is InChI=1S/C14H20N3OP/c1-11-9-16(11)19(18,17-10-12(17)2)15-8-7-13-5-3-4-6-14(13)15/h3-6,11-12H,7-10H2,1-2H3/t11-,12+,16?,17?,19?. The molecule has 0 aromatic heterocycles. The fourth-order valence-corrected chi connectivity index (χ4v) is 6.80. The van der Waals surface area contributed by atoms with Crippen molar-refractivity contribution >= 4 is 13.3 Å². The Bertz CT molecular complexity index is 556. The molecule has 3 aliphatic rings. The Balaban J connectivity index is 1.75. The molecule has 5 atom stereocenters. The second-order valence-corrected chi connectivity index (χ2v) is 8.49.